The average Bonchev–Trinajstić information content (AvgIpc) is 2.30. The van der Waals surface area contributed by atoms with E-state index >= 15 is 0 Å². The molecule has 0 bridgehead atoms. The summed E-state index contributed by atoms with van der Waals surface area (Å²) in [6, 6.07) is 2.82. The van der Waals surface area contributed by atoms with Gasteiger partial charge in [0.25, 0.3) is 5.91 Å². The summed E-state index contributed by atoms with van der Waals surface area (Å²) in [4.78, 5) is 12.1. The summed E-state index contributed by atoms with van der Waals surface area (Å²) in [5.74, 6) is 0.227. The molecule has 1 amide bonds. The van der Waals surface area contributed by atoms with Crippen molar-refractivity contribution in [3.8, 4) is 0 Å². The first-order valence-corrected chi connectivity index (χ1v) is 8.09. The van der Waals surface area contributed by atoms with Gasteiger partial charge in [0.05, 0.1) is 4.90 Å². The molecular weight excluding hydrogens is 276 g/mol. The first kappa shape index (κ1) is 16.7. The first-order valence-electron chi connectivity index (χ1n) is 6.55. The maximum atomic E-state index is 12.1. The maximum absolute atomic E-state index is 12.1. The number of carbonyl (C=O) groups excluding carboxylic acids is 1. The maximum Gasteiger partial charge on any atom is 0.251 e. The van der Waals surface area contributed by atoms with Crippen LogP contribution in [0.1, 0.15) is 41.8 Å². The molecule has 0 spiro atoms. The zero-order valence-electron chi connectivity index (χ0n) is 12.4. The van der Waals surface area contributed by atoms with Crippen LogP contribution in [0.4, 0.5) is 0 Å². The lowest BCUT2D eigenvalue weighted by molar-refractivity contribution is 0.0951. The summed E-state index contributed by atoms with van der Waals surface area (Å²) in [5, 5.41) is 7.93. The molecule has 0 saturated carbocycles. The normalized spacial score (nSPS) is 11.7. The van der Waals surface area contributed by atoms with Crippen molar-refractivity contribution < 1.29 is 13.2 Å². The van der Waals surface area contributed by atoms with Gasteiger partial charge < -0.3 is 5.32 Å². The Morgan fingerprint density at radius 1 is 1.30 bits per heavy atom. The molecule has 5 nitrogen and oxygen atoms in total. The third kappa shape index (κ3) is 4.31. The molecule has 20 heavy (non-hydrogen) atoms. The second kappa shape index (κ2) is 6.37. The van der Waals surface area contributed by atoms with Gasteiger partial charge in [0.1, 0.15) is 0 Å². The summed E-state index contributed by atoms with van der Waals surface area (Å²) < 4.78 is 22.8. The van der Waals surface area contributed by atoms with Crippen LogP contribution in [-0.2, 0) is 10.0 Å². The van der Waals surface area contributed by atoms with Gasteiger partial charge in [-0.2, -0.15) is 0 Å². The number of benzene rings is 1. The Morgan fingerprint density at radius 3 is 2.40 bits per heavy atom. The number of aryl methyl sites for hydroxylation is 1. The van der Waals surface area contributed by atoms with E-state index in [0.29, 0.717) is 18.0 Å². The van der Waals surface area contributed by atoms with Gasteiger partial charge >= 0.3 is 0 Å². The smallest absolute Gasteiger partial charge is 0.251 e. The van der Waals surface area contributed by atoms with Gasteiger partial charge in [0.15, 0.2) is 0 Å². The molecule has 0 heterocycles. The van der Waals surface area contributed by atoms with E-state index < -0.39 is 10.0 Å². The Bertz CT molecular complexity index is 607. The van der Waals surface area contributed by atoms with Gasteiger partial charge in [0.2, 0.25) is 10.0 Å². The van der Waals surface area contributed by atoms with Crippen LogP contribution in [0.25, 0.3) is 0 Å². The van der Waals surface area contributed by atoms with Crippen LogP contribution >= 0.6 is 0 Å². The minimum Gasteiger partial charge on any atom is -0.352 e. The standard InChI is InChI=1S/C14H22N2O3S/c1-9(2)5-6-16-14(17)13-8-12(20(15,18)19)7-10(3)11(13)4/h7-9H,5-6H2,1-4H3,(H,16,17)(H2,15,18,19). The van der Waals surface area contributed by atoms with Crippen LogP contribution in [-0.4, -0.2) is 20.9 Å². The molecule has 0 aliphatic rings. The summed E-state index contributed by atoms with van der Waals surface area (Å²) in [6.07, 6.45) is 0.874. The van der Waals surface area contributed by atoms with Gasteiger partial charge in [-0.1, -0.05) is 13.8 Å². The van der Waals surface area contributed by atoms with E-state index in [0.717, 1.165) is 17.5 Å². The molecule has 0 atom stereocenters. The molecule has 0 aliphatic heterocycles. The quantitative estimate of drug-likeness (QED) is 0.867. The van der Waals surface area contributed by atoms with Crippen molar-refractivity contribution in [2.45, 2.75) is 39.0 Å². The molecule has 6 heteroatoms. The topological polar surface area (TPSA) is 89.3 Å². The molecule has 0 radical (unpaired) electrons. The average molecular weight is 298 g/mol. The van der Waals surface area contributed by atoms with Gasteiger partial charge in [-0.05, 0) is 49.4 Å². The van der Waals surface area contributed by atoms with Gasteiger partial charge in [-0.15, -0.1) is 0 Å². The van der Waals surface area contributed by atoms with Crippen molar-refractivity contribution in [1.29, 1.82) is 0 Å². The lowest BCUT2D eigenvalue weighted by Crippen LogP contribution is -2.26. The van der Waals surface area contributed by atoms with E-state index in [2.05, 4.69) is 19.2 Å². The predicted molar refractivity (Wildman–Crippen MR) is 79.1 cm³/mol. The Balaban J connectivity index is 3.05. The van der Waals surface area contributed by atoms with Gasteiger partial charge in [0, 0.05) is 12.1 Å². The highest BCUT2D eigenvalue weighted by Gasteiger charge is 2.16. The number of carbonyl (C=O) groups is 1. The van der Waals surface area contributed by atoms with Crippen molar-refractivity contribution >= 4 is 15.9 Å². The van der Waals surface area contributed by atoms with Gasteiger partial charge in [-0.25, -0.2) is 13.6 Å². The minimum absolute atomic E-state index is 0.0328. The molecule has 0 saturated heterocycles. The molecule has 3 N–H and O–H groups in total. The molecule has 0 fully saturated rings. The summed E-state index contributed by atoms with van der Waals surface area (Å²) in [6.45, 7) is 8.26. The molecule has 1 aromatic rings. The van der Waals surface area contributed by atoms with Crippen molar-refractivity contribution in [3.63, 3.8) is 0 Å². The predicted octanol–water partition coefficient (Wildman–Crippen LogP) is 1.73. The SMILES string of the molecule is Cc1cc(S(N)(=O)=O)cc(C(=O)NCCC(C)C)c1C. The number of nitrogens with one attached hydrogen (secondary N) is 1. The number of sulfonamides is 1. The second-order valence-corrected chi connectivity index (χ2v) is 6.96. The number of hydrogen-bond acceptors (Lipinski definition) is 3. The lowest BCUT2D eigenvalue weighted by atomic mass is 10.0. The van der Waals surface area contributed by atoms with Gasteiger partial charge in [-0.3, -0.25) is 4.79 Å². The largest absolute Gasteiger partial charge is 0.352 e. The Labute approximate surface area is 120 Å². The van der Waals surface area contributed by atoms with E-state index in [1.165, 1.54) is 12.1 Å². The first-order chi connectivity index (χ1) is 9.12. The fraction of sp³-hybridized carbons (Fsp3) is 0.500. The number of hydrogen-bond donors (Lipinski definition) is 2. The summed E-state index contributed by atoms with van der Waals surface area (Å²) in [7, 11) is -3.81. The zero-order valence-corrected chi connectivity index (χ0v) is 13.2. The molecular formula is C14H22N2O3S. The van der Waals surface area contributed by atoms with E-state index in [4.69, 9.17) is 5.14 Å². The second-order valence-electron chi connectivity index (χ2n) is 5.40. The van der Waals surface area contributed by atoms with Crippen molar-refractivity contribution in [1.82, 2.24) is 5.32 Å². The van der Waals surface area contributed by atoms with Crippen LogP contribution in [0.15, 0.2) is 17.0 Å². The summed E-state index contributed by atoms with van der Waals surface area (Å²) >= 11 is 0. The molecule has 0 aliphatic carbocycles. The highest BCUT2D eigenvalue weighted by molar-refractivity contribution is 7.89. The van der Waals surface area contributed by atoms with Crippen molar-refractivity contribution in [2.75, 3.05) is 6.54 Å². The number of primary sulfonamides is 1. The molecule has 1 rings (SSSR count). The molecule has 0 aromatic heterocycles. The van der Waals surface area contributed by atoms with Crippen molar-refractivity contribution in [3.05, 3.63) is 28.8 Å². The Kier molecular flexibility index (Phi) is 5.30. The molecule has 1 aromatic carbocycles. The van der Waals surface area contributed by atoms with E-state index in [1.54, 1.807) is 13.8 Å². The third-order valence-corrected chi connectivity index (χ3v) is 4.11. The van der Waals surface area contributed by atoms with E-state index in [-0.39, 0.29) is 10.8 Å². The number of nitrogens with two attached hydrogens (primary N) is 1. The molecule has 112 valence electrons. The fourth-order valence-electron chi connectivity index (χ4n) is 1.80. The minimum atomic E-state index is -3.81. The zero-order chi connectivity index (χ0) is 15.5. The summed E-state index contributed by atoms with van der Waals surface area (Å²) in [5.41, 5.74) is 1.85. The fourth-order valence-corrected chi connectivity index (χ4v) is 2.42. The highest BCUT2D eigenvalue weighted by Crippen LogP contribution is 2.19. The van der Waals surface area contributed by atoms with E-state index in [1.807, 2.05) is 0 Å². The number of rotatable bonds is 5. The van der Waals surface area contributed by atoms with Crippen LogP contribution in [0, 0.1) is 19.8 Å². The Morgan fingerprint density at radius 2 is 1.90 bits per heavy atom. The number of amides is 1. The third-order valence-electron chi connectivity index (χ3n) is 3.22. The van der Waals surface area contributed by atoms with E-state index in [9.17, 15) is 13.2 Å². The Hall–Kier alpha value is -1.40. The van der Waals surface area contributed by atoms with Crippen LogP contribution in [0.3, 0.4) is 0 Å². The monoisotopic (exact) mass is 298 g/mol. The lowest BCUT2D eigenvalue weighted by Gasteiger charge is -2.12. The highest BCUT2D eigenvalue weighted by atomic mass is 32.2. The van der Waals surface area contributed by atoms with Crippen LogP contribution in [0.5, 0.6) is 0 Å². The molecule has 0 unspecified atom stereocenters. The van der Waals surface area contributed by atoms with Crippen LogP contribution < -0.4 is 10.5 Å². The van der Waals surface area contributed by atoms with Crippen molar-refractivity contribution in [2.24, 2.45) is 11.1 Å². The van der Waals surface area contributed by atoms with Crippen LogP contribution in [0.2, 0.25) is 0 Å².